The highest BCUT2D eigenvalue weighted by molar-refractivity contribution is 7.08. The predicted octanol–water partition coefficient (Wildman–Crippen LogP) is 6.19. The molecule has 1 aromatic carbocycles. The number of benzene rings is 1. The lowest BCUT2D eigenvalue weighted by atomic mass is 9.99. The maximum absolute atomic E-state index is 14.6. The van der Waals surface area contributed by atoms with E-state index in [2.05, 4.69) is 21.9 Å². The van der Waals surface area contributed by atoms with Gasteiger partial charge < -0.3 is 5.32 Å². The van der Waals surface area contributed by atoms with Crippen LogP contribution in [0.15, 0.2) is 47.2 Å². The molecular formula is C25H23F2N3OS. The summed E-state index contributed by atoms with van der Waals surface area (Å²) in [7, 11) is 0. The van der Waals surface area contributed by atoms with E-state index in [0.717, 1.165) is 18.4 Å². The number of nitrogens with one attached hydrogen (secondary N) is 1. The topological polar surface area (TPSA) is 46.4 Å². The van der Waals surface area contributed by atoms with Crippen molar-refractivity contribution in [2.45, 2.75) is 45.1 Å². The van der Waals surface area contributed by atoms with Gasteiger partial charge in [-0.3, -0.25) is 4.79 Å². The first-order valence-electron chi connectivity index (χ1n) is 10.6. The zero-order chi connectivity index (χ0) is 22.6. The third-order valence-corrected chi connectivity index (χ3v) is 6.87. The van der Waals surface area contributed by atoms with Crippen molar-refractivity contribution in [1.82, 2.24) is 14.9 Å². The lowest BCUT2D eigenvalue weighted by Gasteiger charge is -2.20. The first kappa shape index (κ1) is 20.8. The molecule has 0 saturated heterocycles. The zero-order valence-corrected chi connectivity index (χ0v) is 18.9. The highest BCUT2D eigenvalue weighted by atomic mass is 32.1. The van der Waals surface area contributed by atoms with E-state index in [0.29, 0.717) is 28.0 Å². The first-order valence-corrected chi connectivity index (χ1v) is 11.6. The summed E-state index contributed by atoms with van der Waals surface area (Å²) < 4.78 is 30.8. The lowest BCUT2D eigenvalue weighted by Crippen LogP contribution is -2.35. The van der Waals surface area contributed by atoms with Crippen LogP contribution in [0.5, 0.6) is 0 Å². The van der Waals surface area contributed by atoms with Crippen LogP contribution in [0.25, 0.3) is 16.6 Å². The van der Waals surface area contributed by atoms with Crippen LogP contribution in [-0.4, -0.2) is 15.5 Å². The van der Waals surface area contributed by atoms with Crippen molar-refractivity contribution < 1.29 is 13.6 Å². The number of halogens is 2. The molecule has 1 saturated carbocycles. The van der Waals surface area contributed by atoms with Crippen molar-refractivity contribution >= 4 is 22.8 Å². The van der Waals surface area contributed by atoms with Crippen LogP contribution in [0.1, 0.15) is 59.9 Å². The van der Waals surface area contributed by atoms with Crippen LogP contribution in [0.2, 0.25) is 0 Å². The molecule has 0 bridgehead atoms. The molecule has 1 aliphatic rings. The fraction of sp³-hybridized carbons (Fsp3) is 0.280. The minimum atomic E-state index is -0.637. The summed E-state index contributed by atoms with van der Waals surface area (Å²) >= 11 is 1.62. The summed E-state index contributed by atoms with van der Waals surface area (Å²) in [4.78, 5) is 13.4. The van der Waals surface area contributed by atoms with E-state index in [1.807, 2.05) is 19.2 Å². The number of aromatic nitrogens is 2. The molecule has 0 spiro atoms. The molecule has 32 heavy (non-hydrogen) atoms. The fourth-order valence-electron chi connectivity index (χ4n) is 4.47. The average Bonchev–Trinajstić information content (AvgIpc) is 3.17. The molecule has 1 fully saturated rings. The van der Waals surface area contributed by atoms with Crippen LogP contribution in [0, 0.1) is 18.6 Å². The van der Waals surface area contributed by atoms with Gasteiger partial charge in [0.05, 0.1) is 33.6 Å². The molecule has 1 aliphatic carbocycles. The van der Waals surface area contributed by atoms with Crippen molar-refractivity contribution in [2.75, 3.05) is 0 Å². The Morgan fingerprint density at radius 2 is 1.84 bits per heavy atom. The number of amides is 1. The third kappa shape index (κ3) is 3.23. The van der Waals surface area contributed by atoms with E-state index < -0.39 is 11.6 Å². The SMILES string of the molecule is Cc1nn2c(C(C)C)c(C(=O)NC3(c4ccsc4)CC3)ccc2c1-c1c(F)cccc1F. The normalized spacial score (nSPS) is 14.8. The molecule has 3 aromatic heterocycles. The van der Waals surface area contributed by atoms with E-state index >= 15 is 0 Å². The Labute approximate surface area is 188 Å². The number of pyridine rings is 1. The second-order valence-electron chi connectivity index (χ2n) is 8.69. The Balaban J connectivity index is 1.63. The quantitative estimate of drug-likeness (QED) is 0.393. The summed E-state index contributed by atoms with van der Waals surface area (Å²) in [5.41, 5.74) is 3.46. The minimum absolute atomic E-state index is 0.0339. The Morgan fingerprint density at radius 3 is 2.44 bits per heavy atom. The molecule has 0 aliphatic heterocycles. The highest BCUT2D eigenvalue weighted by Crippen LogP contribution is 2.46. The number of fused-ring (bicyclic) bond motifs is 1. The number of hydrogen-bond donors (Lipinski definition) is 1. The van der Waals surface area contributed by atoms with Crippen LogP contribution in [0.4, 0.5) is 8.78 Å². The number of carbonyl (C=O) groups is 1. The number of nitrogens with zero attached hydrogens (tertiary/aromatic N) is 2. The molecular weight excluding hydrogens is 428 g/mol. The lowest BCUT2D eigenvalue weighted by molar-refractivity contribution is 0.0928. The third-order valence-electron chi connectivity index (χ3n) is 6.19. The number of hydrogen-bond acceptors (Lipinski definition) is 3. The molecule has 4 nitrogen and oxygen atoms in total. The van der Waals surface area contributed by atoms with Gasteiger partial charge in [0.15, 0.2) is 0 Å². The van der Waals surface area contributed by atoms with Crippen LogP contribution in [-0.2, 0) is 5.54 Å². The average molecular weight is 452 g/mol. The molecule has 1 amide bonds. The summed E-state index contributed by atoms with van der Waals surface area (Å²) in [6.07, 6.45) is 1.82. The van der Waals surface area contributed by atoms with Crippen molar-refractivity contribution in [3.8, 4) is 11.1 Å². The predicted molar refractivity (Wildman–Crippen MR) is 122 cm³/mol. The number of aryl methyl sites for hydroxylation is 1. The summed E-state index contributed by atoms with van der Waals surface area (Å²) in [5.74, 6) is -1.47. The van der Waals surface area contributed by atoms with Gasteiger partial charge in [0.25, 0.3) is 5.91 Å². The van der Waals surface area contributed by atoms with E-state index in [4.69, 9.17) is 0 Å². The van der Waals surface area contributed by atoms with Crippen LogP contribution >= 0.6 is 11.3 Å². The van der Waals surface area contributed by atoms with Gasteiger partial charge in [0, 0.05) is 5.56 Å². The molecule has 1 N–H and O–H groups in total. The van der Waals surface area contributed by atoms with Crippen LogP contribution < -0.4 is 5.32 Å². The van der Waals surface area contributed by atoms with Gasteiger partial charge in [-0.1, -0.05) is 19.9 Å². The van der Waals surface area contributed by atoms with Gasteiger partial charge in [-0.05, 0) is 72.3 Å². The van der Waals surface area contributed by atoms with Gasteiger partial charge in [-0.15, -0.1) is 0 Å². The van der Waals surface area contributed by atoms with Gasteiger partial charge >= 0.3 is 0 Å². The molecule has 0 radical (unpaired) electrons. The minimum Gasteiger partial charge on any atom is -0.342 e. The fourth-order valence-corrected chi connectivity index (χ4v) is 5.22. The second kappa shape index (κ2) is 7.52. The molecule has 4 aromatic rings. The maximum Gasteiger partial charge on any atom is 0.253 e. The molecule has 164 valence electrons. The molecule has 0 unspecified atom stereocenters. The Hall–Kier alpha value is -3.06. The van der Waals surface area contributed by atoms with Crippen molar-refractivity contribution in [3.05, 3.63) is 81.3 Å². The monoisotopic (exact) mass is 451 g/mol. The summed E-state index contributed by atoms with van der Waals surface area (Å²) in [5, 5.41) is 11.9. The molecule has 0 atom stereocenters. The van der Waals surface area contributed by atoms with E-state index in [1.54, 1.807) is 34.9 Å². The Kier molecular flexibility index (Phi) is 4.89. The zero-order valence-electron chi connectivity index (χ0n) is 18.1. The Bertz CT molecular complexity index is 1320. The first-order chi connectivity index (χ1) is 15.3. The summed E-state index contributed by atoms with van der Waals surface area (Å²) in [6.45, 7) is 5.70. The molecule has 3 heterocycles. The van der Waals surface area contributed by atoms with Gasteiger partial charge in [0.2, 0.25) is 0 Å². The number of carbonyl (C=O) groups excluding carboxylic acids is 1. The Morgan fingerprint density at radius 1 is 1.12 bits per heavy atom. The highest BCUT2D eigenvalue weighted by Gasteiger charge is 2.46. The van der Waals surface area contributed by atoms with E-state index in [9.17, 15) is 13.6 Å². The van der Waals surface area contributed by atoms with Crippen molar-refractivity contribution in [1.29, 1.82) is 0 Å². The van der Waals surface area contributed by atoms with Crippen molar-refractivity contribution in [2.24, 2.45) is 0 Å². The number of rotatable bonds is 5. The van der Waals surface area contributed by atoms with Gasteiger partial charge in [0.1, 0.15) is 11.6 Å². The molecule has 7 heteroatoms. The van der Waals surface area contributed by atoms with E-state index in [-0.39, 0.29) is 22.9 Å². The standard InChI is InChI=1S/C25H23F2N3OS/c1-14(2)23-17(24(31)28-25(10-11-25)16-9-12-32-13-16)7-8-20-21(15(3)29-30(20)23)22-18(26)5-4-6-19(22)27/h4-9,12-14H,10-11H2,1-3H3,(H,28,31). The maximum atomic E-state index is 14.6. The summed E-state index contributed by atoms with van der Waals surface area (Å²) in [6, 6.07) is 9.35. The van der Waals surface area contributed by atoms with Gasteiger partial charge in [-0.2, -0.15) is 16.4 Å². The van der Waals surface area contributed by atoms with Crippen LogP contribution in [0.3, 0.4) is 0 Å². The van der Waals surface area contributed by atoms with Crippen molar-refractivity contribution in [3.63, 3.8) is 0 Å². The van der Waals surface area contributed by atoms with E-state index in [1.165, 1.54) is 18.2 Å². The second-order valence-corrected chi connectivity index (χ2v) is 9.47. The smallest absolute Gasteiger partial charge is 0.253 e. The van der Waals surface area contributed by atoms with Gasteiger partial charge in [-0.25, -0.2) is 13.3 Å². The molecule has 5 rings (SSSR count). The number of thiophene rings is 1. The largest absolute Gasteiger partial charge is 0.342 e.